The third-order valence-electron chi connectivity index (χ3n) is 3.15. The number of benzene rings is 1. The Bertz CT molecular complexity index is 436. The van der Waals surface area contributed by atoms with Crippen LogP contribution < -0.4 is 0 Å². The summed E-state index contributed by atoms with van der Waals surface area (Å²) in [7, 11) is 0. The Morgan fingerprint density at radius 2 is 1.94 bits per heavy atom. The van der Waals surface area contributed by atoms with Crippen molar-refractivity contribution in [3.05, 3.63) is 34.9 Å². The van der Waals surface area contributed by atoms with Crippen LogP contribution in [-0.4, -0.2) is 37.7 Å². The van der Waals surface area contributed by atoms with Gasteiger partial charge in [0.2, 0.25) is 0 Å². The van der Waals surface area contributed by atoms with Crippen molar-refractivity contribution in [1.82, 2.24) is 4.90 Å². The van der Waals surface area contributed by atoms with Gasteiger partial charge < -0.3 is 4.74 Å². The van der Waals surface area contributed by atoms with Crippen LogP contribution >= 0.6 is 0 Å². The van der Waals surface area contributed by atoms with Gasteiger partial charge in [-0.2, -0.15) is 0 Å². The molecule has 1 fully saturated rings. The predicted molar refractivity (Wildman–Crippen MR) is 70.1 cm³/mol. The molecule has 0 amide bonds. The van der Waals surface area contributed by atoms with Crippen LogP contribution in [0.2, 0.25) is 0 Å². The molecule has 1 aliphatic heterocycles. The summed E-state index contributed by atoms with van der Waals surface area (Å²) < 4.78 is 5.30. The van der Waals surface area contributed by atoms with Crippen LogP contribution in [0.1, 0.15) is 16.7 Å². The van der Waals surface area contributed by atoms with Gasteiger partial charge in [0.1, 0.15) is 0 Å². The standard InChI is InChI=1S/C15H19NO/c1-13-5-6-15(12-14(13)2)4-3-7-16-8-10-17-11-9-16/h5-6,12H,7-11H2,1-2H3. The van der Waals surface area contributed by atoms with Crippen molar-refractivity contribution in [2.45, 2.75) is 13.8 Å². The van der Waals surface area contributed by atoms with Gasteiger partial charge in [-0.05, 0) is 37.1 Å². The first kappa shape index (κ1) is 12.2. The normalized spacial score (nSPS) is 16.4. The molecule has 0 bridgehead atoms. The molecule has 2 rings (SSSR count). The highest BCUT2D eigenvalue weighted by Crippen LogP contribution is 2.08. The molecule has 0 N–H and O–H groups in total. The van der Waals surface area contributed by atoms with Crippen molar-refractivity contribution >= 4 is 0 Å². The van der Waals surface area contributed by atoms with Gasteiger partial charge in [0, 0.05) is 18.7 Å². The molecule has 0 aromatic heterocycles. The fourth-order valence-corrected chi connectivity index (χ4v) is 1.83. The second-order valence-electron chi connectivity index (χ2n) is 4.49. The van der Waals surface area contributed by atoms with E-state index in [1.165, 1.54) is 11.1 Å². The average molecular weight is 229 g/mol. The summed E-state index contributed by atoms with van der Waals surface area (Å²) >= 11 is 0. The van der Waals surface area contributed by atoms with Crippen LogP contribution in [-0.2, 0) is 4.74 Å². The van der Waals surface area contributed by atoms with Crippen LogP contribution in [0.4, 0.5) is 0 Å². The Morgan fingerprint density at radius 1 is 1.18 bits per heavy atom. The van der Waals surface area contributed by atoms with Gasteiger partial charge in [-0.3, -0.25) is 4.90 Å². The number of aryl methyl sites for hydroxylation is 2. The monoisotopic (exact) mass is 229 g/mol. The molecular formula is C15H19NO. The first-order valence-corrected chi connectivity index (χ1v) is 6.12. The number of hydrogen-bond acceptors (Lipinski definition) is 2. The van der Waals surface area contributed by atoms with Gasteiger partial charge in [-0.25, -0.2) is 0 Å². The zero-order chi connectivity index (χ0) is 12.1. The Kier molecular flexibility index (Phi) is 4.19. The zero-order valence-electron chi connectivity index (χ0n) is 10.6. The Labute approximate surface area is 104 Å². The minimum Gasteiger partial charge on any atom is -0.379 e. The van der Waals surface area contributed by atoms with Crippen LogP contribution in [0.25, 0.3) is 0 Å². The largest absolute Gasteiger partial charge is 0.379 e. The van der Waals surface area contributed by atoms with Crippen LogP contribution in [0.15, 0.2) is 18.2 Å². The van der Waals surface area contributed by atoms with E-state index in [1.807, 2.05) is 0 Å². The van der Waals surface area contributed by atoms with E-state index in [4.69, 9.17) is 4.74 Å². The summed E-state index contributed by atoms with van der Waals surface area (Å²) in [5, 5.41) is 0. The molecule has 0 spiro atoms. The number of ether oxygens (including phenoxy) is 1. The van der Waals surface area contributed by atoms with Crippen molar-refractivity contribution in [2.75, 3.05) is 32.8 Å². The molecule has 0 atom stereocenters. The first-order valence-electron chi connectivity index (χ1n) is 6.12. The van der Waals surface area contributed by atoms with E-state index in [1.54, 1.807) is 0 Å². The molecule has 1 aliphatic rings. The Hall–Kier alpha value is -1.30. The highest BCUT2D eigenvalue weighted by Gasteiger charge is 2.07. The Balaban J connectivity index is 1.93. The Morgan fingerprint density at radius 3 is 2.65 bits per heavy atom. The minimum atomic E-state index is 0.839. The summed E-state index contributed by atoms with van der Waals surface area (Å²) in [5.74, 6) is 6.47. The van der Waals surface area contributed by atoms with Crippen LogP contribution in [0, 0.1) is 25.7 Å². The quantitative estimate of drug-likeness (QED) is 0.683. The molecule has 0 unspecified atom stereocenters. The van der Waals surface area contributed by atoms with Crippen molar-refractivity contribution < 1.29 is 4.74 Å². The molecule has 2 heteroatoms. The van der Waals surface area contributed by atoms with Crippen molar-refractivity contribution in [2.24, 2.45) is 0 Å². The molecule has 90 valence electrons. The second-order valence-corrected chi connectivity index (χ2v) is 4.49. The maximum Gasteiger partial charge on any atom is 0.0606 e. The van der Waals surface area contributed by atoms with Gasteiger partial charge in [0.25, 0.3) is 0 Å². The molecule has 0 saturated carbocycles. The number of morpholine rings is 1. The molecule has 0 aliphatic carbocycles. The molecule has 1 saturated heterocycles. The molecule has 1 heterocycles. The highest BCUT2D eigenvalue weighted by atomic mass is 16.5. The van der Waals surface area contributed by atoms with Gasteiger partial charge in [-0.1, -0.05) is 17.9 Å². The van der Waals surface area contributed by atoms with Crippen molar-refractivity contribution in [3.8, 4) is 11.8 Å². The maximum atomic E-state index is 5.30. The summed E-state index contributed by atoms with van der Waals surface area (Å²) in [6.45, 7) is 8.78. The highest BCUT2D eigenvalue weighted by molar-refractivity contribution is 5.40. The fraction of sp³-hybridized carbons (Fsp3) is 0.467. The van der Waals surface area contributed by atoms with E-state index in [0.717, 1.165) is 38.4 Å². The van der Waals surface area contributed by atoms with E-state index in [0.29, 0.717) is 0 Å². The molecule has 17 heavy (non-hydrogen) atoms. The lowest BCUT2D eigenvalue weighted by Gasteiger charge is -2.24. The zero-order valence-corrected chi connectivity index (χ0v) is 10.6. The van der Waals surface area contributed by atoms with Crippen LogP contribution in [0.3, 0.4) is 0 Å². The lowest BCUT2D eigenvalue weighted by atomic mass is 10.1. The lowest BCUT2D eigenvalue weighted by Crippen LogP contribution is -2.36. The molecule has 1 aromatic rings. The number of hydrogen-bond donors (Lipinski definition) is 0. The fourth-order valence-electron chi connectivity index (χ4n) is 1.83. The van der Waals surface area contributed by atoms with E-state index < -0.39 is 0 Å². The summed E-state index contributed by atoms with van der Waals surface area (Å²) in [6.07, 6.45) is 0. The topological polar surface area (TPSA) is 12.5 Å². The first-order chi connectivity index (χ1) is 8.25. The van der Waals surface area contributed by atoms with E-state index >= 15 is 0 Å². The van der Waals surface area contributed by atoms with Gasteiger partial charge in [-0.15, -0.1) is 0 Å². The summed E-state index contributed by atoms with van der Waals surface area (Å²) in [5.41, 5.74) is 3.74. The predicted octanol–water partition coefficient (Wildman–Crippen LogP) is 1.99. The maximum absolute atomic E-state index is 5.30. The van der Waals surface area contributed by atoms with Crippen LogP contribution in [0.5, 0.6) is 0 Å². The SMILES string of the molecule is Cc1ccc(C#CCN2CCOCC2)cc1C. The summed E-state index contributed by atoms with van der Waals surface area (Å²) in [4.78, 5) is 2.33. The van der Waals surface area contributed by atoms with E-state index in [9.17, 15) is 0 Å². The van der Waals surface area contributed by atoms with E-state index in [-0.39, 0.29) is 0 Å². The third kappa shape index (κ3) is 3.59. The minimum absolute atomic E-state index is 0.839. The second kappa shape index (κ2) is 5.86. The molecule has 0 radical (unpaired) electrons. The van der Waals surface area contributed by atoms with Gasteiger partial charge in [0.15, 0.2) is 0 Å². The summed E-state index contributed by atoms with van der Waals surface area (Å²) in [6, 6.07) is 6.38. The molecule has 1 aromatic carbocycles. The third-order valence-corrected chi connectivity index (χ3v) is 3.15. The lowest BCUT2D eigenvalue weighted by molar-refractivity contribution is 0.0443. The molecular weight excluding hydrogens is 210 g/mol. The number of rotatable bonds is 1. The van der Waals surface area contributed by atoms with Crippen molar-refractivity contribution in [3.63, 3.8) is 0 Å². The van der Waals surface area contributed by atoms with Gasteiger partial charge >= 0.3 is 0 Å². The van der Waals surface area contributed by atoms with E-state index in [2.05, 4.69) is 48.8 Å². The average Bonchev–Trinajstić information content (AvgIpc) is 2.35. The van der Waals surface area contributed by atoms with Crippen molar-refractivity contribution in [1.29, 1.82) is 0 Å². The number of nitrogens with zero attached hydrogens (tertiary/aromatic N) is 1. The molecule has 2 nitrogen and oxygen atoms in total. The van der Waals surface area contributed by atoms with Gasteiger partial charge in [0.05, 0.1) is 19.8 Å². The smallest absolute Gasteiger partial charge is 0.0606 e.